The third-order valence-electron chi connectivity index (χ3n) is 3.91. The van der Waals surface area contributed by atoms with E-state index in [0.717, 1.165) is 18.6 Å². The van der Waals surface area contributed by atoms with Gasteiger partial charge in [-0.3, -0.25) is 4.79 Å². The molecule has 2 aliphatic rings. The van der Waals surface area contributed by atoms with E-state index in [1.165, 1.54) is 16.9 Å². The van der Waals surface area contributed by atoms with E-state index in [1.807, 2.05) is 23.5 Å². The minimum absolute atomic E-state index is 0.233. The van der Waals surface area contributed by atoms with E-state index in [0.29, 0.717) is 17.0 Å². The van der Waals surface area contributed by atoms with Crippen LogP contribution in [0.3, 0.4) is 0 Å². The van der Waals surface area contributed by atoms with Crippen molar-refractivity contribution >= 4 is 29.3 Å². The lowest BCUT2D eigenvalue weighted by Crippen LogP contribution is -2.33. The van der Waals surface area contributed by atoms with E-state index in [1.54, 1.807) is 0 Å². The number of benzene rings is 1. The molecule has 0 saturated carbocycles. The molecule has 96 valence electrons. The molecule has 0 spiro atoms. The first-order valence-corrected chi connectivity index (χ1v) is 8.69. The van der Waals surface area contributed by atoms with E-state index < -0.39 is 0 Å². The van der Waals surface area contributed by atoms with Crippen LogP contribution in [-0.4, -0.2) is 27.8 Å². The van der Waals surface area contributed by atoms with Gasteiger partial charge in [-0.05, 0) is 23.5 Å². The lowest BCUT2D eigenvalue weighted by atomic mass is 9.75. The molecular weight excluding hydrogens is 260 g/mol. The highest BCUT2D eigenvalue weighted by Gasteiger charge is 2.33. The maximum Gasteiger partial charge on any atom is 0.147 e. The van der Waals surface area contributed by atoms with Gasteiger partial charge in [0, 0.05) is 23.2 Å². The van der Waals surface area contributed by atoms with Crippen molar-refractivity contribution in [1.29, 1.82) is 0 Å². The van der Waals surface area contributed by atoms with Gasteiger partial charge in [0.2, 0.25) is 0 Å². The van der Waals surface area contributed by atoms with Crippen LogP contribution in [0.4, 0.5) is 0 Å². The highest BCUT2D eigenvalue weighted by atomic mass is 32.2. The van der Waals surface area contributed by atoms with Crippen molar-refractivity contribution in [3.63, 3.8) is 0 Å². The standard InChI is InChI=1S/C15H18OS2/c1-10-15(18-7-6-17-10)14(16)9-12-8-11-4-2-3-5-13(11)12/h2-5,10,12,15H,6-9H2,1H3. The summed E-state index contributed by atoms with van der Waals surface area (Å²) < 4.78 is 0. The zero-order valence-electron chi connectivity index (χ0n) is 10.6. The average Bonchev–Trinajstić information content (AvgIpc) is 2.36. The van der Waals surface area contributed by atoms with Crippen LogP contribution < -0.4 is 0 Å². The fourth-order valence-electron chi connectivity index (χ4n) is 2.89. The lowest BCUT2D eigenvalue weighted by Gasteiger charge is -2.32. The number of hydrogen-bond acceptors (Lipinski definition) is 3. The van der Waals surface area contributed by atoms with Gasteiger partial charge in [0.1, 0.15) is 5.78 Å². The number of thioether (sulfide) groups is 2. The van der Waals surface area contributed by atoms with Gasteiger partial charge in [-0.1, -0.05) is 31.2 Å². The first-order chi connectivity index (χ1) is 8.75. The van der Waals surface area contributed by atoms with Gasteiger partial charge in [-0.15, -0.1) is 11.8 Å². The minimum atomic E-state index is 0.233. The van der Waals surface area contributed by atoms with E-state index in [9.17, 15) is 4.79 Å². The summed E-state index contributed by atoms with van der Waals surface area (Å²) in [6.07, 6.45) is 1.85. The fraction of sp³-hybridized carbons (Fsp3) is 0.533. The Balaban J connectivity index is 1.63. The third-order valence-corrected chi connectivity index (χ3v) is 7.05. The zero-order chi connectivity index (χ0) is 12.5. The summed E-state index contributed by atoms with van der Waals surface area (Å²) in [4.78, 5) is 12.4. The van der Waals surface area contributed by atoms with Crippen LogP contribution >= 0.6 is 23.5 Å². The Labute approximate surface area is 117 Å². The molecule has 0 aromatic heterocycles. The molecule has 0 radical (unpaired) electrons. The van der Waals surface area contributed by atoms with E-state index >= 15 is 0 Å². The molecule has 1 fully saturated rings. The lowest BCUT2D eigenvalue weighted by molar-refractivity contribution is -0.119. The first kappa shape index (κ1) is 12.6. The van der Waals surface area contributed by atoms with Crippen LogP contribution in [-0.2, 0) is 11.2 Å². The highest BCUT2D eigenvalue weighted by Crippen LogP contribution is 2.40. The number of rotatable bonds is 3. The maximum atomic E-state index is 12.4. The molecule has 3 unspecified atom stereocenters. The SMILES string of the molecule is CC1SCCSC1C(=O)CC1Cc2ccccc21. The quantitative estimate of drug-likeness (QED) is 0.842. The Morgan fingerprint density at radius 2 is 2.06 bits per heavy atom. The molecule has 1 saturated heterocycles. The monoisotopic (exact) mass is 278 g/mol. The number of fused-ring (bicyclic) bond motifs is 1. The van der Waals surface area contributed by atoms with Crippen LogP contribution in [0.1, 0.15) is 30.4 Å². The summed E-state index contributed by atoms with van der Waals surface area (Å²) in [6, 6.07) is 8.54. The molecule has 3 rings (SSSR count). The largest absolute Gasteiger partial charge is 0.298 e. The first-order valence-electron chi connectivity index (χ1n) is 6.59. The molecule has 1 nitrogen and oxygen atoms in total. The molecule has 1 aliphatic carbocycles. The van der Waals surface area contributed by atoms with Crippen LogP contribution in [0.25, 0.3) is 0 Å². The van der Waals surface area contributed by atoms with Crippen molar-refractivity contribution in [2.24, 2.45) is 0 Å². The third kappa shape index (κ3) is 2.35. The second-order valence-corrected chi connectivity index (χ2v) is 7.87. The Morgan fingerprint density at radius 1 is 1.28 bits per heavy atom. The van der Waals surface area contributed by atoms with Crippen LogP contribution in [0.2, 0.25) is 0 Å². The number of Topliss-reactive ketones (excluding diaryl/α,β-unsaturated/α-hetero) is 1. The van der Waals surface area contributed by atoms with Gasteiger partial charge < -0.3 is 0 Å². The van der Waals surface area contributed by atoms with Crippen molar-refractivity contribution in [3.05, 3.63) is 35.4 Å². The molecule has 18 heavy (non-hydrogen) atoms. The smallest absolute Gasteiger partial charge is 0.147 e. The molecule has 1 heterocycles. The molecule has 3 atom stereocenters. The van der Waals surface area contributed by atoms with Crippen molar-refractivity contribution < 1.29 is 4.79 Å². The zero-order valence-corrected chi connectivity index (χ0v) is 12.2. The Kier molecular flexibility index (Phi) is 3.71. The predicted octanol–water partition coefficient (Wildman–Crippen LogP) is 3.52. The van der Waals surface area contributed by atoms with Crippen molar-refractivity contribution in [2.45, 2.75) is 36.2 Å². The van der Waals surface area contributed by atoms with Crippen LogP contribution in [0, 0.1) is 0 Å². The Bertz CT molecular complexity index is 458. The van der Waals surface area contributed by atoms with Gasteiger partial charge in [0.25, 0.3) is 0 Å². The van der Waals surface area contributed by atoms with E-state index in [4.69, 9.17) is 0 Å². The molecule has 1 aromatic carbocycles. The summed E-state index contributed by atoms with van der Waals surface area (Å²) in [5.74, 6) is 3.29. The summed E-state index contributed by atoms with van der Waals surface area (Å²) in [5.41, 5.74) is 2.85. The molecule has 0 amide bonds. The molecule has 1 aliphatic heterocycles. The van der Waals surface area contributed by atoms with Gasteiger partial charge >= 0.3 is 0 Å². The summed E-state index contributed by atoms with van der Waals surface area (Å²) >= 11 is 3.82. The van der Waals surface area contributed by atoms with Crippen molar-refractivity contribution in [1.82, 2.24) is 0 Å². The molecular formula is C15H18OS2. The summed E-state index contributed by atoms with van der Waals surface area (Å²) in [6.45, 7) is 2.20. The van der Waals surface area contributed by atoms with Gasteiger partial charge in [-0.25, -0.2) is 0 Å². The summed E-state index contributed by atoms with van der Waals surface area (Å²) in [7, 11) is 0. The molecule has 0 N–H and O–H groups in total. The molecule has 1 aromatic rings. The Morgan fingerprint density at radius 3 is 2.83 bits per heavy atom. The number of ketones is 1. The molecule has 0 bridgehead atoms. The van der Waals surface area contributed by atoms with E-state index in [2.05, 4.69) is 31.2 Å². The summed E-state index contributed by atoms with van der Waals surface area (Å²) in [5, 5.41) is 0.725. The number of carbonyl (C=O) groups excluding carboxylic acids is 1. The maximum absolute atomic E-state index is 12.4. The van der Waals surface area contributed by atoms with E-state index in [-0.39, 0.29) is 5.25 Å². The average molecular weight is 278 g/mol. The topological polar surface area (TPSA) is 17.1 Å². The normalized spacial score (nSPS) is 30.4. The van der Waals surface area contributed by atoms with Crippen LogP contribution in [0.15, 0.2) is 24.3 Å². The number of carbonyl (C=O) groups is 1. The molecule has 3 heteroatoms. The minimum Gasteiger partial charge on any atom is -0.298 e. The van der Waals surface area contributed by atoms with Crippen LogP contribution in [0.5, 0.6) is 0 Å². The second kappa shape index (κ2) is 5.30. The fourth-order valence-corrected chi connectivity index (χ4v) is 5.64. The number of hydrogen-bond donors (Lipinski definition) is 0. The highest BCUT2D eigenvalue weighted by molar-refractivity contribution is 8.07. The van der Waals surface area contributed by atoms with Crippen molar-refractivity contribution in [2.75, 3.05) is 11.5 Å². The van der Waals surface area contributed by atoms with Crippen molar-refractivity contribution in [3.8, 4) is 0 Å². The second-order valence-electron chi connectivity index (χ2n) is 5.14. The Hall–Kier alpha value is -0.410. The van der Waals surface area contributed by atoms with Gasteiger partial charge in [-0.2, -0.15) is 11.8 Å². The van der Waals surface area contributed by atoms with Gasteiger partial charge in [0.05, 0.1) is 5.25 Å². The van der Waals surface area contributed by atoms with Gasteiger partial charge in [0.15, 0.2) is 0 Å². The predicted molar refractivity (Wildman–Crippen MR) is 80.7 cm³/mol.